The summed E-state index contributed by atoms with van der Waals surface area (Å²) >= 11 is 5.82. The predicted molar refractivity (Wildman–Crippen MR) is 210 cm³/mol. The summed E-state index contributed by atoms with van der Waals surface area (Å²) in [6, 6.07) is -1.56. The average Bonchev–Trinajstić information content (AvgIpc) is 3.86. The molecule has 2 aromatic rings. The first-order valence-corrected chi connectivity index (χ1v) is 20.2. The molecule has 4 fully saturated rings. The number of nitrogens with one attached hydrogen (secondary N) is 4. The summed E-state index contributed by atoms with van der Waals surface area (Å²) in [4.78, 5) is 103. The lowest BCUT2D eigenvalue weighted by atomic mass is 10.0. The van der Waals surface area contributed by atoms with Gasteiger partial charge in [-0.05, 0) is 69.0 Å². The van der Waals surface area contributed by atoms with Gasteiger partial charge in [-0.15, -0.1) is 0 Å². The Balaban J connectivity index is 1.33. The Labute approximate surface area is 353 Å². The van der Waals surface area contributed by atoms with Crippen LogP contribution in [0.3, 0.4) is 0 Å². The van der Waals surface area contributed by atoms with E-state index in [1.165, 1.54) is 33.8 Å². The monoisotopic (exact) mass is 878 g/mol. The van der Waals surface area contributed by atoms with Crippen molar-refractivity contribution >= 4 is 58.8 Å². The molecule has 4 N–H and O–H groups in total. The zero-order valence-electron chi connectivity index (χ0n) is 33.6. The molecule has 0 radical (unpaired) electrons. The molecule has 4 aliphatic heterocycles. The molecule has 330 valence electrons. The summed E-state index contributed by atoms with van der Waals surface area (Å²) in [5.74, 6) is -5.67. The number of cyclic esters (lactones) is 1. The third-order valence-corrected chi connectivity index (χ3v) is 11.5. The topological polar surface area (TPSA) is 190 Å². The van der Waals surface area contributed by atoms with Crippen LogP contribution in [0.5, 0.6) is 0 Å². The summed E-state index contributed by atoms with van der Waals surface area (Å²) in [6.07, 6.45) is -4.57. The van der Waals surface area contributed by atoms with Crippen molar-refractivity contribution in [3.63, 3.8) is 0 Å². The average molecular weight is 879 g/mol. The van der Waals surface area contributed by atoms with Crippen molar-refractivity contribution in [3.05, 3.63) is 64.4 Å². The minimum absolute atomic E-state index is 0.0250. The van der Waals surface area contributed by atoms with Crippen LogP contribution < -0.4 is 21.3 Å². The highest BCUT2D eigenvalue weighted by molar-refractivity contribution is 6.30. The Hall–Kier alpha value is -5.50. The van der Waals surface area contributed by atoms with Crippen molar-refractivity contribution in [1.29, 1.82) is 0 Å². The summed E-state index contributed by atoms with van der Waals surface area (Å²) < 4.78 is 61.3. The number of benzene rings is 2. The predicted octanol–water partition coefficient (Wildman–Crippen LogP) is 2.15. The van der Waals surface area contributed by atoms with E-state index in [0.717, 1.165) is 30.3 Å². The Kier molecular flexibility index (Phi) is 13.8. The number of halogens is 5. The van der Waals surface area contributed by atoms with Crippen molar-refractivity contribution in [1.82, 2.24) is 35.6 Å². The fraction of sp³-hybridized carbons (Fsp3) is 0.525. The number of fused-ring (bicyclic) bond motifs is 3. The van der Waals surface area contributed by atoms with Gasteiger partial charge in [-0.25, -0.2) is 14.0 Å². The minimum atomic E-state index is -4.75. The van der Waals surface area contributed by atoms with E-state index in [0.29, 0.717) is 13.0 Å². The van der Waals surface area contributed by atoms with Crippen LogP contribution in [0.4, 0.5) is 28.0 Å². The molecular weight excluding hydrogens is 832 g/mol. The number of carbonyl (C=O) groups is 7. The number of urea groups is 1. The first-order chi connectivity index (χ1) is 28.8. The molecule has 0 bridgehead atoms. The van der Waals surface area contributed by atoms with Gasteiger partial charge in [0.05, 0.1) is 11.3 Å². The van der Waals surface area contributed by atoms with E-state index in [-0.39, 0.29) is 61.2 Å². The second-order valence-electron chi connectivity index (χ2n) is 15.9. The number of nitrogens with zero attached hydrogens (tertiary/aromatic N) is 4. The van der Waals surface area contributed by atoms with Gasteiger partial charge in [0.2, 0.25) is 29.5 Å². The Morgan fingerprint density at radius 2 is 1.66 bits per heavy atom. The molecule has 0 unspecified atom stereocenters. The molecule has 4 heterocycles. The largest absolute Gasteiger partial charge is 0.461 e. The van der Waals surface area contributed by atoms with E-state index in [2.05, 4.69) is 21.3 Å². The number of anilines is 1. The number of piperazine rings is 1. The van der Waals surface area contributed by atoms with E-state index >= 15 is 0 Å². The van der Waals surface area contributed by atoms with Crippen molar-refractivity contribution in [3.8, 4) is 0 Å². The Morgan fingerprint density at radius 3 is 2.38 bits per heavy atom. The molecule has 16 nitrogen and oxygen atoms in total. The first-order valence-electron chi connectivity index (χ1n) is 19.9. The second-order valence-corrected chi connectivity index (χ2v) is 16.4. The van der Waals surface area contributed by atoms with E-state index in [4.69, 9.17) is 16.3 Å². The lowest BCUT2D eigenvalue weighted by Gasteiger charge is -2.42. The summed E-state index contributed by atoms with van der Waals surface area (Å²) in [5, 5.41) is 9.80. The molecule has 0 aromatic heterocycles. The molecule has 7 amide bonds. The van der Waals surface area contributed by atoms with Crippen LogP contribution in [0, 0.1) is 11.7 Å². The molecular formula is C40H47ClF4N8O8. The summed E-state index contributed by atoms with van der Waals surface area (Å²) in [5.41, 5.74) is -1.42. The van der Waals surface area contributed by atoms with Crippen molar-refractivity contribution < 1.29 is 55.9 Å². The lowest BCUT2D eigenvalue weighted by molar-refractivity contribution is -0.158. The van der Waals surface area contributed by atoms with Crippen molar-refractivity contribution in [2.24, 2.45) is 5.92 Å². The standard InChI is InChI=1S/C40H47ClF4N8O8/c1-21-14-31-38(59)61-20-29(36(57)51-11-5-8-30(51)37(58)52-13-12-50(3)19-32(52)34(55)46-22(2)35(56)53(31)18-21)47-33(54)28(16-23-6-4-7-24(15-23)40(43,44)45)49-39(60)48-27-10-9-25(41)17-26(27)42/h4,6-7,9-10,15,17,21-22,28-32H,5,8,11-14,16,18-20H2,1-3H3,(H,46,55)(H,47,54)(H2,48,49,60)/t21-,22+,28+,29+,30+,31+,32+/m1/s1. The van der Waals surface area contributed by atoms with Crippen molar-refractivity contribution in [2.75, 3.05) is 51.7 Å². The summed E-state index contributed by atoms with van der Waals surface area (Å²) in [6.45, 7) is 3.35. The maximum atomic E-state index is 14.6. The van der Waals surface area contributed by atoms with Crippen LogP contribution in [0.25, 0.3) is 0 Å². The minimum Gasteiger partial charge on any atom is -0.461 e. The van der Waals surface area contributed by atoms with Gasteiger partial charge in [0, 0.05) is 44.2 Å². The third kappa shape index (κ3) is 10.5. The zero-order valence-corrected chi connectivity index (χ0v) is 34.4. The van der Waals surface area contributed by atoms with Crippen LogP contribution in [0.1, 0.15) is 44.2 Å². The number of likely N-dealkylation sites (N-methyl/N-ethyl adjacent to an activating group) is 1. The number of amides is 7. The van der Waals surface area contributed by atoms with Crippen molar-refractivity contribution in [2.45, 2.75) is 82.0 Å². The number of carbonyl (C=O) groups excluding carboxylic acids is 7. The highest BCUT2D eigenvalue weighted by Gasteiger charge is 2.46. The van der Waals surface area contributed by atoms with Crippen LogP contribution in [-0.4, -0.2) is 144 Å². The van der Waals surface area contributed by atoms with Gasteiger partial charge in [-0.1, -0.05) is 36.7 Å². The molecule has 6 rings (SSSR count). The van der Waals surface area contributed by atoms with Gasteiger partial charge in [-0.2, -0.15) is 13.2 Å². The summed E-state index contributed by atoms with van der Waals surface area (Å²) in [7, 11) is 1.78. The van der Waals surface area contributed by atoms with Crippen LogP contribution in [-0.2, 0) is 46.1 Å². The maximum absolute atomic E-state index is 14.6. The molecule has 4 aliphatic rings. The van der Waals surface area contributed by atoms with E-state index in [1.54, 1.807) is 7.05 Å². The molecule has 0 aliphatic carbocycles. The number of hydrogen-bond donors (Lipinski definition) is 4. The number of esters is 1. The quantitative estimate of drug-likeness (QED) is 0.249. The number of rotatable bonds is 6. The zero-order chi connectivity index (χ0) is 44.3. The molecule has 61 heavy (non-hydrogen) atoms. The SMILES string of the molecule is C[C@@H]1C[C@H]2C(=O)OC[C@H](NC(=O)[C@H](Cc3cccc(C(F)(F)F)c3)NC(=O)Nc3ccc(Cl)cc3F)C(=O)N3CCC[C@H]3C(=O)N3CCN(C)C[C@H]3C(=O)N[C@@H](C)C(=O)N2C1. The Morgan fingerprint density at radius 1 is 0.918 bits per heavy atom. The van der Waals surface area contributed by atoms with Gasteiger partial charge < -0.3 is 45.6 Å². The maximum Gasteiger partial charge on any atom is 0.416 e. The van der Waals surface area contributed by atoms with E-state index in [9.17, 15) is 51.1 Å². The van der Waals surface area contributed by atoms with Gasteiger partial charge in [0.25, 0.3) is 0 Å². The second kappa shape index (κ2) is 18.6. The van der Waals surface area contributed by atoms with Gasteiger partial charge in [0.1, 0.15) is 48.7 Å². The number of alkyl halides is 3. The van der Waals surface area contributed by atoms with E-state index in [1.807, 2.05) is 11.8 Å². The van der Waals surface area contributed by atoms with Gasteiger partial charge >= 0.3 is 18.2 Å². The first kappa shape index (κ1) is 45.0. The third-order valence-electron chi connectivity index (χ3n) is 11.3. The normalized spacial score (nSPS) is 26.2. The van der Waals surface area contributed by atoms with Crippen LogP contribution in [0.2, 0.25) is 5.02 Å². The lowest BCUT2D eigenvalue weighted by Crippen LogP contribution is -2.65. The van der Waals surface area contributed by atoms with E-state index < -0.39 is 108 Å². The van der Waals surface area contributed by atoms with Crippen LogP contribution >= 0.6 is 11.6 Å². The fourth-order valence-electron chi connectivity index (χ4n) is 8.16. The van der Waals surface area contributed by atoms with Gasteiger partial charge in [0.15, 0.2) is 0 Å². The molecule has 0 saturated carbocycles. The molecule has 0 spiro atoms. The fourth-order valence-corrected chi connectivity index (χ4v) is 8.31. The highest BCUT2D eigenvalue weighted by Crippen LogP contribution is 2.30. The Bertz CT molecular complexity index is 2060. The molecule has 21 heteroatoms. The van der Waals surface area contributed by atoms with Gasteiger partial charge in [-0.3, -0.25) is 24.0 Å². The molecule has 7 atom stereocenters. The smallest absolute Gasteiger partial charge is 0.416 e. The number of hydrogen-bond acceptors (Lipinski definition) is 9. The van der Waals surface area contributed by atoms with Crippen LogP contribution in [0.15, 0.2) is 42.5 Å². The number of ether oxygens (including phenoxy) is 1. The molecule has 4 saturated heterocycles. The molecule has 2 aromatic carbocycles. The highest BCUT2D eigenvalue weighted by atomic mass is 35.5.